The van der Waals surface area contributed by atoms with Gasteiger partial charge in [0.2, 0.25) is 0 Å². The number of nitrogens with zero attached hydrogens (tertiary/aromatic N) is 4. The summed E-state index contributed by atoms with van der Waals surface area (Å²) in [5, 5.41) is 1.99. The van der Waals surface area contributed by atoms with E-state index in [1.54, 1.807) is 22.7 Å². The predicted octanol–water partition coefficient (Wildman–Crippen LogP) is 15.8. The lowest BCUT2D eigenvalue weighted by atomic mass is 9.98. The largest absolute Gasteiger partial charge is 0.308 e. The summed E-state index contributed by atoms with van der Waals surface area (Å²) < 4.78 is 2.35. The Morgan fingerprint density at radius 3 is 1.03 bits per heavy atom. The van der Waals surface area contributed by atoms with Gasteiger partial charge in [-0.3, -0.25) is 0 Å². The Morgan fingerprint density at radius 2 is 0.655 bits per heavy atom. The van der Waals surface area contributed by atoms with Crippen LogP contribution in [0.2, 0.25) is 0 Å². The fraction of sp³-hybridized carbons (Fsp3) is 0. The van der Waals surface area contributed by atoms with Crippen LogP contribution >= 0.6 is 46.2 Å². The SMILES string of the molecule is c1ccc2c(c1)Sc1ccccc1N2c1cc(-c2cc(-c3nc4ccccc4s3)cc(N3c4ccccc4Sc4ccccc43)c2)cc(-c2nc3ccccc3s2)c1. The predicted molar refractivity (Wildman–Crippen MR) is 247 cm³/mol. The van der Waals surface area contributed by atoms with Crippen LogP contribution < -0.4 is 9.80 Å². The molecule has 4 nitrogen and oxygen atoms in total. The van der Waals surface area contributed by atoms with E-state index >= 15 is 0 Å². The molecule has 2 aliphatic heterocycles. The zero-order chi connectivity index (χ0) is 38.2. The number of anilines is 6. The van der Waals surface area contributed by atoms with E-state index in [0.29, 0.717) is 0 Å². The van der Waals surface area contributed by atoms with Crippen molar-refractivity contribution >= 4 is 101 Å². The van der Waals surface area contributed by atoms with Gasteiger partial charge < -0.3 is 9.80 Å². The topological polar surface area (TPSA) is 32.3 Å². The van der Waals surface area contributed by atoms with Gasteiger partial charge in [0.05, 0.1) is 43.2 Å². The summed E-state index contributed by atoms with van der Waals surface area (Å²) in [6.45, 7) is 0. The zero-order valence-corrected chi connectivity index (χ0v) is 34.0. The van der Waals surface area contributed by atoms with Gasteiger partial charge in [-0.1, -0.05) is 96.3 Å². The van der Waals surface area contributed by atoms with Crippen LogP contribution in [-0.4, -0.2) is 9.97 Å². The van der Waals surface area contributed by atoms with Crippen molar-refractivity contribution in [3.8, 4) is 32.3 Å². The maximum atomic E-state index is 5.20. The number of benzene rings is 8. The van der Waals surface area contributed by atoms with Crippen LogP contribution in [0.1, 0.15) is 0 Å². The fourth-order valence-corrected chi connectivity index (χ4v) is 12.0. The minimum absolute atomic E-state index is 0.996. The average Bonchev–Trinajstić information content (AvgIpc) is 3.92. The fourth-order valence-electron chi connectivity index (χ4n) is 8.02. The number of para-hydroxylation sites is 6. The van der Waals surface area contributed by atoms with E-state index in [9.17, 15) is 0 Å². The van der Waals surface area contributed by atoms with Crippen molar-refractivity contribution in [2.24, 2.45) is 0 Å². The van der Waals surface area contributed by atoms with Gasteiger partial charge in [-0.2, -0.15) is 0 Å². The summed E-state index contributed by atoms with van der Waals surface area (Å²) in [5.41, 5.74) is 13.3. The third-order valence-corrected chi connectivity index (χ3v) is 15.1. The lowest BCUT2D eigenvalue weighted by molar-refractivity contribution is 1.16. The molecular weight excluding hydrogens is 785 g/mol. The van der Waals surface area contributed by atoms with Gasteiger partial charge in [0.1, 0.15) is 10.0 Å². The lowest BCUT2D eigenvalue weighted by Gasteiger charge is -2.34. The summed E-state index contributed by atoms with van der Waals surface area (Å²) in [5.74, 6) is 0. The van der Waals surface area contributed by atoms with E-state index in [-0.39, 0.29) is 0 Å². The van der Waals surface area contributed by atoms with Crippen LogP contribution in [0.3, 0.4) is 0 Å². The van der Waals surface area contributed by atoms with E-state index in [0.717, 1.165) is 54.7 Å². The Hall–Kier alpha value is -6.16. The van der Waals surface area contributed by atoms with E-state index in [1.807, 2.05) is 23.5 Å². The number of rotatable bonds is 5. The Bertz CT molecular complexity index is 2870. The third kappa shape index (κ3) is 5.75. The van der Waals surface area contributed by atoms with Crippen molar-refractivity contribution in [3.05, 3.63) is 182 Å². The molecule has 0 spiro atoms. The third-order valence-electron chi connectivity index (χ3n) is 10.6. The standard InChI is InChI=1S/C50H30N4S4/c1-7-19-43-37(13-1)51-49(57-43)33-25-31(27-35(29-33)53-39-15-3-9-21-45(39)55-46-22-10-4-16-40(46)53)32-26-34(50-52-38-14-2-8-20-44(38)58-50)30-36(28-32)54-41-17-5-11-23-47(41)56-48-24-12-6-18-42(48)54/h1-30H. The highest BCUT2D eigenvalue weighted by Gasteiger charge is 2.28. The van der Waals surface area contributed by atoms with Crippen molar-refractivity contribution in [2.75, 3.05) is 9.80 Å². The van der Waals surface area contributed by atoms with E-state index in [4.69, 9.17) is 9.97 Å². The van der Waals surface area contributed by atoms with Gasteiger partial charge in [0, 0.05) is 42.1 Å². The molecule has 0 unspecified atom stereocenters. The normalized spacial score (nSPS) is 13.0. The number of thiazole rings is 2. The highest BCUT2D eigenvalue weighted by atomic mass is 32.2. The zero-order valence-electron chi connectivity index (χ0n) is 30.7. The summed E-state index contributed by atoms with van der Waals surface area (Å²) in [6, 6.07) is 65.8. The molecular formula is C50H30N4S4. The number of hydrogen-bond donors (Lipinski definition) is 0. The summed E-state index contributed by atoms with van der Waals surface area (Å²) in [4.78, 5) is 20.2. The van der Waals surface area contributed by atoms with Crippen LogP contribution in [0.4, 0.5) is 34.1 Å². The number of hydrogen-bond acceptors (Lipinski definition) is 8. The smallest absolute Gasteiger partial charge is 0.124 e. The molecule has 2 aromatic heterocycles. The lowest BCUT2D eigenvalue weighted by Crippen LogP contribution is -2.15. The molecule has 8 aromatic carbocycles. The molecule has 2 aliphatic rings. The molecule has 0 bridgehead atoms. The van der Waals surface area contributed by atoms with Gasteiger partial charge in [-0.05, 0) is 120 Å². The molecule has 8 heteroatoms. The first kappa shape index (κ1) is 33.9. The van der Waals surface area contributed by atoms with Crippen molar-refractivity contribution in [3.63, 3.8) is 0 Å². The average molecular weight is 815 g/mol. The Balaban J connectivity index is 1.13. The van der Waals surface area contributed by atoms with E-state index < -0.39 is 0 Å². The van der Waals surface area contributed by atoms with Crippen LogP contribution in [0, 0.1) is 0 Å². The summed E-state index contributed by atoms with van der Waals surface area (Å²) >= 11 is 7.14. The molecule has 10 aromatic rings. The van der Waals surface area contributed by atoms with Gasteiger partial charge in [-0.15, -0.1) is 22.7 Å². The van der Waals surface area contributed by atoms with Crippen LogP contribution in [0.15, 0.2) is 202 Å². The molecule has 0 amide bonds. The number of aromatic nitrogens is 2. The van der Waals surface area contributed by atoms with E-state index in [1.165, 1.54) is 51.7 Å². The first-order valence-corrected chi connectivity index (χ1v) is 22.3. The molecule has 0 aliphatic carbocycles. The second kappa shape index (κ2) is 13.7. The highest BCUT2D eigenvalue weighted by Crippen LogP contribution is 2.54. The van der Waals surface area contributed by atoms with Gasteiger partial charge in [0.15, 0.2) is 0 Å². The van der Waals surface area contributed by atoms with Crippen molar-refractivity contribution in [2.45, 2.75) is 19.6 Å². The molecule has 0 saturated carbocycles. The molecule has 0 saturated heterocycles. The maximum Gasteiger partial charge on any atom is 0.124 e. The van der Waals surface area contributed by atoms with Crippen LogP contribution in [0.5, 0.6) is 0 Å². The van der Waals surface area contributed by atoms with Crippen molar-refractivity contribution in [1.82, 2.24) is 9.97 Å². The van der Waals surface area contributed by atoms with Crippen molar-refractivity contribution < 1.29 is 0 Å². The second-order valence-electron chi connectivity index (χ2n) is 14.3. The minimum Gasteiger partial charge on any atom is -0.308 e. The first-order valence-electron chi connectivity index (χ1n) is 19.0. The summed E-state index contributed by atoms with van der Waals surface area (Å²) in [6.07, 6.45) is 0. The molecule has 0 fully saturated rings. The molecule has 274 valence electrons. The quantitative estimate of drug-likeness (QED) is 0.172. The molecule has 12 rings (SSSR count). The maximum absolute atomic E-state index is 5.20. The number of fused-ring (bicyclic) bond motifs is 6. The Kier molecular flexibility index (Phi) is 8.04. The molecule has 0 atom stereocenters. The van der Waals surface area contributed by atoms with Gasteiger partial charge in [-0.25, -0.2) is 9.97 Å². The molecule has 0 radical (unpaired) electrons. The highest BCUT2D eigenvalue weighted by molar-refractivity contribution is 8.00. The van der Waals surface area contributed by atoms with Crippen molar-refractivity contribution in [1.29, 1.82) is 0 Å². The molecule has 4 heterocycles. The summed E-state index contributed by atoms with van der Waals surface area (Å²) in [7, 11) is 0. The first-order chi connectivity index (χ1) is 28.7. The second-order valence-corrected chi connectivity index (χ2v) is 18.5. The molecule has 0 N–H and O–H groups in total. The monoisotopic (exact) mass is 814 g/mol. The van der Waals surface area contributed by atoms with Crippen LogP contribution in [-0.2, 0) is 0 Å². The van der Waals surface area contributed by atoms with Gasteiger partial charge in [0.25, 0.3) is 0 Å². The Labute approximate surface area is 352 Å². The molecule has 58 heavy (non-hydrogen) atoms. The van der Waals surface area contributed by atoms with Crippen LogP contribution in [0.25, 0.3) is 52.7 Å². The van der Waals surface area contributed by atoms with E-state index in [2.05, 4.69) is 192 Å². The van der Waals surface area contributed by atoms with Gasteiger partial charge >= 0.3 is 0 Å². The minimum atomic E-state index is 0.996. The Morgan fingerprint density at radius 1 is 0.328 bits per heavy atom.